The van der Waals surface area contributed by atoms with E-state index in [0.717, 1.165) is 29.9 Å². The van der Waals surface area contributed by atoms with Gasteiger partial charge in [-0.15, -0.1) is 0 Å². The third-order valence-electron chi connectivity index (χ3n) is 7.61. The summed E-state index contributed by atoms with van der Waals surface area (Å²) in [5.74, 6) is 0.927. The molecule has 0 amide bonds. The van der Waals surface area contributed by atoms with Gasteiger partial charge in [-0.2, -0.15) is 0 Å². The molecule has 1 fully saturated rings. The van der Waals surface area contributed by atoms with Crippen molar-refractivity contribution in [3.63, 3.8) is 0 Å². The normalized spacial score (nSPS) is 23.7. The highest BCUT2D eigenvalue weighted by Gasteiger charge is 2.58. The lowest BCUT2D eigenvalue weighted by Crippen LogP contribution is -2.61. The molecule has 1 spiro atoms. The van der Waals surface area contributed by atoms with Gasteiger partial charge in [0.25, 0.3) is 0 Å². The average molecular weight is 412 g/mol. The number of rotatable bonds is 1. The summed E-state index contributed by atoms with van der Waals surface area (Å²) in [4.78, 5) is 9.89. The number of ether oxygens (including phenoxy) is 1. The minimum absolute atomic E-state index is 0.246. The van der Waals surface area contributed by atoms with Gasteiger partial charge in [-0.25, -0.2) is 0 Å². The number of anilines is 2. The van der Waals surface area contributed by atoms with Crippen LogP contribution in [0.4, 0.5) is 17.1 Å². The second-order valence-electron chi connectivity index (χ2n) is 9.60. The van der Waals surface area contributed by atoms with Crippen molar-refractivity contribution in [1.29, 1.82) is 0 Å². The van der Waals surface area contributed by atoms with Crippen molar-refractivity contribution in [3.05, 3.63) is 60.2 Å². The summed E-state index contributed by atoms with van der Waals surface area (Å²) >= 11 is 0. The Morgan fingerprint density at radius 2 is 1.65 bits per heavy atom. The second kappa shape index (κ2) is 6.49. The summed E-state index contributed by atoms with van der Waals surface area (Å²) in [5.41, 5.74) is 3.76. The summed E-state index contributed by atoms with van der Waals surface area (Å²) in [6.45, 7) is 6.69. The van der Waals surface area contributed by atoms with Gasteiger partial charge in [-0.3, -0.25) is 4.99 Å². The van der Waals surface area contributed by atoms with Crippen LogP contribution in [0.5, 0.6) is 5.75 Å². The van der Waals surface area contributed by atoms with Gasteiger partial charge >= 0.3 is 0 Å². The molecule has 3 aromatic rings. The van der Waals surface area contributed by atoms with E-state index in [1.54, 1.807) is 0 Å². The SMILES string of the molecule is CN1c2ccccc2C(C)(C)C12C=Nc1c(c(N3CCCCC3)cc3ccccc13)O2. The van der Waals surface area contributed by atoms with E-state index in [2.05, 4.69) is 85.3 Å². The third kappa shape index (κ3) is 2.45. The quantitative estimate of drug-likeness (QED) is 0.488. The van der Waals surface area contributed by atoms with Crippen molar-refractivity contribution >= 4 is 34.0 Å². The lowest BCUT2D eigenvalue weighted by Gasteiger charge is -2.46. The minimum Gasteiger partial charge on any atom is -0.457 e. The number of likely N-dealkylation sites (N-methyl/N-ethyl adjacent to an activating group) is 1. The molecule has 31 heavy (non-hydrogen) atoms. The Balaban J connectivity index is 1.57. The Bertz CT molecular complexity index is 1210. The summed E-state index contributed by atoms with van der Waals surface area (Å²) in [6.07, 6.45) is 5.81. The lowest BCUT2D eigenvalue weighted by molar-refractivity contribution is 0.0830. The van der Waals surface area contributed by atoms with Crippen LogP contribution in [-0.2, 0) is 5.41 Å². The first-order valence-electron chi connectivity index (χ1n) is 11.4. The molecule has 1 unspecified atom stereocenters. The molecule has 0 aliphatic carbocycles. The standard InChI is InChI=1S/C27H29N3O/c1-26(2)21-13-7-8-14-22(21)29(3)27(26)18-28-24-20-12-6-5-11-19(20)17-23(25(24)31-27)30-15-9-4-10-16-30/h5-8,11-14,17-18H,4,9-10,15-16H2,1-3H3. The summed E-state index contributed by atoms with van der Waals surface area (Å²) < 4.78 is 7.12. The fourth-order valence-electron chi connectivity index (χ4n) is 5.76. The minimum atomic E-state index is -0.656. The maximum atomic E-state index is 7.12. The van der Waals surface area contributed by atoms with Crippen molar-refractivity contribution in [2.45, 2.75) is 44.2 Å². The van der Waals surface area contributed by atoms with Crippen molar-refractivity contribution in [2.75, 3.05) is 29.9 Å². The van der Waals surface area contributed by atoms with Crippen molar-refractivity contribution in [2.24, 2.45) is 4.99 Å². The highest BCUT2D eigenvalue weighted by atomic mass is 16.5. The molecule has 158 valence electrons. The van der Waals surface area contributed by atoms with Gasteiger partial charge in [0, 0.05) is 31.2 Å². The van der Waals surface area contributed by atoms with E-state index >= 15 is 0 Å². The molecular formula is C27H29N3O. The monoisotopic (exact) mass is 411 g/mol. The highest BCUT2D eigenvalue weighted by molar-refractivity contribution is 6.03. The molecular weight excluding hydrogens is 382 g/mol. The smallest absolute Gasteiger partial charge is 0.228 e. The zero-order valence-electron chi connectivity index (χ0n) is 18.6. The number of para-hydroxylation sites is 1. The van der Waals surface area contributed by atoms with Gasteiger partial charge in [0.05, 0.1) is 17.3 Å². The first-order valence-corrected chi connectivity index (χ1v) is 11.4. The molecule has 0 bridgehead atoms. The molecule has 0 saturated carbocycles. The topological polar surface area (TPSA) is 28.1 Å². The van der Waals surface area contributed by atoms with E-state index in [1.165, 1.54) is 41.6 Å². The van der Waals surface area contributed by atoms with Crippen LogP contribution in [0.3, 0.4) is 0 Å². The molecule has 1 atom stereocenters. The van der Waals surface area contributed by atoms with Gasteiger partial charge < -0.3 is 14.5 Å². The number of hydrogen-bond donors (Lipinski definition) is 0. The highest BCUT2D eigenvalue weighted by Crippen LogP contribution is 2.56. The maximum absolute atomic E-state index is 7.12. The van der Waals surface area contributed by atoms with Crippen LogP contribution >= 0.6 is 0 Å². The molecule has 0 N–H and O–H groups in total. The van der Waals surface area contributed by atoms with Crippen LogP contribution in [0.15, 0.2) is 59.6 Å². The van der Waals surface area contributed by atoms with Gasteiger partial charge in [-0.1, -0.05) is 42.5 Å². The van der Waals surface area contributed by atoms with Crippen LogP contribution in [-0.4, -0.2) is 32.1 Å². The Morgan fingerprint density at radius 3 is 2.45 bits per heavy atom. The van der Waals surface area contributed by atoms with E-state index in [-0.39, 0.29) is 5.41 Å². The number of aliphatic imine (C=N–C) groups is 1. The van der Waals surface area contributed by atoms with Crippen LogP contribution in [0.25, 0.3) is 10.8 Å². The van der Waals surface area contributed by atoms with Crippen LogP contribution in [0, 0.1) is 0 Å². The largest absolute Gasteiger partial charge is 0.457 e. The van der Waals surface area contributed by atoms with Crippen molar-refractivity contribution < 1.29 is 4.74 Å². The van der Waals surface area contributed by atoms with E-state index in [1.807, 2.05) is 6.21 Å². The van der Waals surface area contributed by atoms with Crippen molar-refractivity contribution in [3.8, 4) is 5.75 Å². The molecule has 3 heterocycles. The average Bonchev–Trinajstić information content (AvgIpc) is 2.97. The number of nitrogens with zero attached hydrogens (tertiary/aromatic N) is 3. The molecule has 4 heteroatoms. The molecule has 4 nitrogen and oxygen atoms in total. The predicted molar refractivity (Wildman–Crippen MR) is 129 cm³/mol. The summed E-state index contributed by atoms with van der Waals surface area (Å²) in [7, 11) is 2.13. The van der Waals surface area contributed by atoms with Crippen molar-refractivity contribution in [1.82, 2.24) is 0 Å². The molecule has 3 aromatic carbocycles. The van der Waals surface area contributed by atoms with E-state index < -0.39 is 5.72 Å². The van der Waals surface area contributed by atoms with E-state index in [0.29, 0.717) is 0 Å². The number of benzene rings is 3. The van der Waals surface area contributed by atoms with Gasteiger partial charge in [0.2, 0.25) is 5.72 Å². The Hall–Kier alpha value is -3.01. The fourth-order valence-corrected chi connectivity index (χ4v) is 5.76. The summed E-state index contributed by atoms with van der Waals surface area (Å²) in [5, 5.41) is 2.38. The molecule has 1 saturated heterocycles. The Labute approximate surface area is 184 Å². The third-order valence-corrected chi connectivity index (χ3v) is 7.61. The maximum Gasteiger partial charge on any atom is 0.228 e. The summed E-state index contributed by atoms with van der Waals surface area (Å²) in [6, 6.07) is 19.5. The number of fused-ring (bicyclic) bond motifs is 4. The Kier molecular flexibility index (Phi) is 3.92. The molecule has 3 aliphatic heterocycles. The molecule has 3 aliphatic rings. The molecule has 6 rings (SSSR count). The Morgan fingerprint density at radius 1 is 0.903 bits per heavy atom. The zero-order chi connectivity index (χ0) is 21.2. The number of piperidine rings is 1. The van der Waals surface area contributed by atoms with Crippen LogP contribution < -0.4 is 14.5 Å². The first kappa shape index (κ1) is 18.7. The van der Waals surface area contributed by atoms with Gasteiger partial charge in [0.1, 0.15) is 5.69 Å². The fraction of sp³-hybridized carbons (Fsp3) is 0.370. The second-order valence-corrected chi connectivity index (χ2v) is 9.60. The zero-order valence-corrected chi connectivity index (χ0v) is 18.6. The lowest BCUT2D eigenvalue weighted by atomic mass is 9.77. The van der Waals surface area contributed by atoms with E-state index in [9.17, 15) is 0 Å². The first-order chi connectivity index (χ1) is 15.0. The van der Waals surface area contributed by atoms with Crippen LogP contribution in [0.2, 0.25) is 0 Å². The predicted octanol–water partition coefficient (Wildman–Crippen LogP) is 6.05. The molecule has 0 aromatic heterocycles. The molecule has 0 radical (unpaired) electrons. The number of hydrogen-bond acceptors (Lipinski definition) is 4. The van der Waals surface area contributed by atoms with Gasteiger partial charge in [0.15, 0.2) is 5.75 Å². The van der Waals surface area contributed by atoms with Gasteiger partial charge in [-0.05, 0) is 56.2 Å². The van der Waals surface area contributed by atoms with E-state index in [4.69, 9.17) is 9.73 Å². The van der Waals surface area contributed by atoms with Crippen LogP contribution in [0.1, 0.15) is 38.7 Å².